The second kappa shape index (κ2) is 6.44. The minimum Gasteiger partial charge on any atom is -0.264 e. The summed E-state index contributed by atoms with van der Waals surface area (Å²) in [6.45, 7) is 9.16. The van der Waals surface area contributed by atoms with E-state index in [0.29, 0.717) is 24.0 Å². The van der Waals surface area contributed by atoms with Crippen molar-refractivity contribution >= 4 is 22.2 Å². The largest absolute Gasteiger partial charge is 0.264 e. The highest BCUT2D eigenvalue weighted by Gasteiger charge is 2.09. The molecule has 0 aliphatic rings. The Labute approximate surface area is 152 Å². The summed E-state index contributed by atoms with van der Waals surface area (Å²) in [6.07, 6.45) is 7.59. The number of hydrogen-bond donors (Lipinski definition) is 0. The molecular weight excluding hydrogens is 324 g/mol. The lowest BCUT2D eigenvalue weighted by Crippen LogP contribution is -2.04. The van der Waals surface area contributed by atoms with E-state index in [1.807, 2.05) is 23.3 Å². The van der Waals surface area contributed by atoms with Gasteiger partial charge in [0.15, 0.2) is 11.3 Å². The third-order valence-electron chi connectivity index (χ3n) is 4.56. The Morgan fingerprint density at radius 3 is 2.27 bits per heavy atom. The average Bonchev–Trinajstić information content (AvgIpc) is 3.02. The van der Waals surface area contributed by atoms with Crippen LogP contribution in [-0.2, 0) is 6.54 Å². The summed E-state index contributed by atoms with van der Waals surface area (Å²) in [5, 5.41) is 5.59. The van der Waals surface area contributed by atoms with Crippen LogP contribution in [0.15, 0.2) is 36.9 Å². The predicted molar refractivity (Wildman–Crippen MR) is 102 cm³/mol. The SMILES string of the molecule is CC(C)c1cnc2nn(Cc3cnc4cc(C(C)C)cnc4n3)cc2c1. The number of pyridine rings is 2. The van der Waals surface area contributed by atoms with Crippen molar-refractivity contribution in [3.63, 3.8) is 0 Å². The zero-order valence-corrected chi connectivity index (χ0v) is 15.5. The second-order valence-corrected chi connectivity index (χ2v) is 7.29. The quantitative estimate of drug-likeness (QED) is 0.557. The van der Waals surface area contributed by atoms with Crippen molar-refractivity contribution in [2.24, 2.45) is 0 Å². The molecule has 4 aromatic heterocycles. The van der Waals surface area contributed by atoms with E-state index in [-0.39, 0.29) is 0 Å². The average molecular weight is 346 g/mol. The fourth-order valence-electron chi connectivity index (χ4n) is 2.89. The molecule has 0 fully saturated rings. The van der Waals surface area contributed by atoms with Gasteiger partial charge in [-0.3, -0.25) is 9.67 Å². The first-order valence-corrected chi connectivity index (χ1v) is 8.94. The highest BCUT2D eigenvalue weighted by molar-refractivity contribution is 5.74. The lowest BCUT2D eigenvalue weighted by Gasteiger charge is -2.06. The van der Waals surface area contributed by atoms with Gasteiger partial charge in [-0.15, -0.1) is 0 Å². The Hall–Kier alpha value is -2.89. The number of hydrogen-bond acceptors (Lipinski definition) is 5. The van der Waals surface area contributed by atoms with Gasteiger partial charge >= 0.3 is 0 Å². The number of aromatic nitrogens is 6. The molecule has 0 spiro atoms. The Morgan fingerprint density at radius 1 is 0.846 bits per heavy atom. The Balaban J connectivity index is 1.64. The number of rotatable bonds is 4. The van der Waals surface area contributed by atoms with Crippen LogP contribution in [-0.4, -0.2) is 29.7 Å². The fraction of sp³-hybridized carbons (Fsp3) is 0.350. The number of fused-ring (bicyclic) bond motifs is 2. The van der Waals surface area contributed by atoms with E-state index in [1.165, 1.54) is 11.1 Å². The van der Waals surface area contributed by atoms with Crippen LogP contribution in [0.1, 0.15) is 56.4 Å². The molecular formula is C20H22N6. The first-order chi connectivity index (χ1) is 12.5. The van der Waals surface area contributed by atoms with Gasteiger partial charge in [-0.05, 0) is 35.1 Å². The molecule has 0 bridgehead atoms. The molecule has 0 radical (unpaired) electrons. The minimum atomic E-state index is 0.424. The highest BCUT2D eigenvalue weighted by atomic mass is 15.3. The topological polar surface area (TPSA) is 69.4 Å². The van der Waals surface area contributed by atoms with Gasteiger partial charge in [-0.25, -0.2) is 15.0 Å². The van der Waals surface area contributed by atoms with Crippen molar-refractivity contribution < 1.29 is 0 Å². The van der Waals surface area contributed by atoms with Crippen molar-refractivity contribution in [1.82, 2.24) is 29.7 Å². The molecule has 0 N–H and O–H groups in total. The van der Waals surface area contributed by atoms with Crippen LogP contribution < -0.4 is 0 Å². The Bertz CT molecular complexity index is 1080. The van der Waals surface area contributed by atoms with Gasteiger partial charge in [-0.2, -0.15) is 5.10 Å². The van der Waals surface area contributed by atoms with E-state index in [0.717, 1.165) is 22.2 Å². The highest BCUT2D eigenvalue weighted by Crippen LogP contribution is 2.19. The zero-order valence-electron chi connectivity index (χ0n) is 15.5. The predicted octanol–water partition coefficient (Wildman–Crippen LogP) is 4.06. The molecule has 0 aromatic carbocycles. The molecule has 0 unspecified atom stereocenters. The molecule has 4 aromatic rings. The van der Waals surface area contributed by atoms with Crippen LogP contribution in [0.2, 0.25) is 0 Å². The molecule has 0 aliphatic heterocycles. The summed E-state index contributed by atoms with van der Waals surface area (Å²) >= 11 is 0. The molecule has 6 heteroatoms. The van der Waals surface area contributed by atoms with E-state index in [9.17, 15) is 0 Å². The maximum atomic E-state index is 4.63. The van der Waals surface area contributed by atoms with Gasteiger partial charge in [0, 0.05) is 24.0 Å². The molecule has 26 heavy (non-hydrogen) atoms. The van der Waals surface area contributed by atoms with Gasteiger partial charge in [0.1, 0.15) is 5.52 Å². The first-order valence-electron chi connectivity index (χ1n) is 8.94. The van der Waals surface area contributed by atoms with Gasteiger partial charge in [0.2, 0.25) is 0 Å². The molecule has 0 saturated carbocycles. The molecule has 0 aliphatic carbocycles. The maximum absolute atomic E-state index is 4.63. The van der Waals surface area contributed by atoms with E-state index in [4.69, 9.17) is 0 Å². The summed E-state index contributed by atoms with van der Waals surface area (Å²) in [4.78, 5) is 18.1. The zero-order chi connectivity index (χ0) is 18.3. The molecule has 132 valence electrons. The van der Waals surface area contributed by atoms with Gasteiger partial charge in [0.05, 0.1) is 18.4 Å². The summed E-state index contributed by atoms with van der Waals surface area (Å²) in [5.74, 6) is 0.872. The molecule has 0 amide bonds. The molecule has 0 atom stereocenters. The first kappa shape index (κ1) is 16.6. The molecule has 4 heterocycles. The van der Waals surface area contributed by atoms with Crippen LogP contribution in [0.25, 0.3) is 22.2 Å². The normalized spacial score (nSPS) is 11.9. The van der Waals surface area contributed by atoms with Gasteiger partial charge in [0.25, 0.3) is 0 Å². The minimum absolute atomic E-state index is 0.424. The molecule has 6 nitrogen and oxygen atoms in total. The van der Waals surface area contributed by atoms with Crippen molar-refractivity contribution in [1.29, 1.82) is 0 Å². The molecule has 0 saturated heterocycles. The van der Waals surface area contributed by atoms with Crippen LogP contribution >= 0.6 is 0 Å². The van der Waals surface area contributed by atoms with E-state index in [1.54, 1.807) is 6.20 Å². The van der Waals surface area contributed by atoms with Crippen molar-refractivity contribution in [2.75, 3.05) is 0 Å². The van der Waals surface area contributed by atoms with Crippen molar-refractivity contribution in [2.45, 2.75) is 46.1 Å². The van der Waals surface area contributed by atoms with Crippen LogP contribution in [0, 0.1) is 0 Å². The smallest absolute Gasteiger partial charge is 0.181 e. The summed E-state index contributed by atoms with van der Waals surface area (Å²) < 4.78 is 1.86. The number of nitrogens with zero attached hydrogens (tertiary/aromatic N) is 6. The third kappa shape index (κ3) is 3.14. The fourth-order valence-corrected chi connectivity index (χ4v) is 2.89. The summed E-state index contributed by atoms with van der Waals surface area (Å²) in [6, 6.07) is 4.21. The third-order valence-corrected chi connectivity index (χ3v) is 4.56. The lowest BCUT2D eigenvalue weighted by molar-refractivity contribution is 0.678. The summed E-state index contributed by atoms with van der Waals surface area (Å²) in [5.41, 5.74) is 5.47. The van der Waals surface area contributed by atoms with E-state index >= 15 is 0 Å². The monoisotopic (exact) mass is 346 g/mol. The standard InChI is InChI=1S/C20H22N6/c1-12(2)14-5-16-10-26(25-19(16)22-7-14)11-17-9-21-18-6-15(13(3)4)8-23-20(18)24-17/h5-10,12-13H,11H2,1-4H3. The van der Waals surface area contributed by atoms with Crippen molar-refractivity contribution in [3.8, 4) is 0 Å². The second-order valence-electron chi connectivity index (χ2n) is 7.29. The van der Waals surface area contributed by atoms with Gasteiger partial charge < -0.3 is 0 Å². The Morgan fingerprint density at radius 2 is 1.54 bits per heavy atom. The van der Waals surface area contributed by atoms with Crippen LogP contribution in [0.3, 0.4) is 0 Å². The van der Waals surface area contributed by atoms with E-state index in [2.05, 4.69) is 64.9 Å². The maximum Gasteiger partial charge on any atom is 0.181 e. The van der Waals surface area contributed by atoms with Crippen molar-refractivity contribution in [3.05, 3.63) is 53.7 Å². The van der Waals surface area contributed by atoms with Crippen LogP contribution in [0.4, 0.5) is 0 Å². The van der Waals surface area contributed by atoms with E-state index < -0.39 is 0 Å². The summed E-state index contributed by atoms with van der Waals surface area (Å²) in [7, 11) is 0. The van der Waals surface area contributed by atoms with Crippen LogP contribution in [0.5, 0.6) is 0 Å². The molecule has 4 rings (SSSR count). The lowest BCUT2D eigenvalue weighted by atomic mass is 10.1. The van der Waals surface area contributed by atoms with Gasteiger partial charge in [-0.1, -0.05) is 27.7 Å². The Kier molecular flexibility index (Phi) is 4.11.